The minimum atomic E-state index is -3.29. The lowest BCUT2D eigenvalue weighted by Crippen LogP contribution is -2.29. The van der Waals surface area contributed by atoms with Gasteiger partial charge in [0.2, 0.25) is 0 Å². The zero-order valence-corrected chi connectivity index (χ0v) is 15.1. The molecule has 5 nitrogen and oxygen atoms in total. The summed E-state index contributed by atoms with van der Waals surface area (Å²) >= 11 is 0. The van der Waals surface area contributed by atoms with Crippen molar-refractivity contribution in [2.24, 2.45) is 0 Å². The summed E-state index contributed by atoms with van der Waals surface area (Å²) in [5.74, 6) is 0.332. The van der Waals surface area contributed by atoms with Crippen molar-refractivity contribution in [3.63, 3.8) is 0 Å². The number of hydrogen-bond acceptors (Lipinski definition) is 4. The van der Waals surface area contributed by atoms with E-state index in [1.165, 1.54) is 24.3 Å². The number of nitrogens with one attached hydrogen (secondary N) is 1. The zero-order chi connectivity index (χ0) is 18.6. The summed E-state index contributed by atoms with van der Waals surface area (Å²) in [4.78, 5) is 12.9. The highest BCUT2D eigenvalue weighted by Crippen LogP contribution is 2.23. The highest BCUT2D eigenvalue weighted by molar-refractivity contribution is 7.91. The van der Waals surface area contributed by atoms with Gasteiger partial charge in [0.1, 0.15) is 11.8 Å². The minimum Gasteiger partial charge on any atom is -0.467 e. The molecule has 1 atom stereocenters. The van der Waals surface area contributed by atoms with E-state index in [-0.39, 0.29) is 16.6 Å². The van der Waals surface area contributed by atoms with E-state index in [9.17, 15) is 13.2 Å². The van der Waals surface area contributed by atoms with Crippen LogP contribution in [-0.2, 0) is 9.84 Å². The average Bonchev–Trinajstić information content (AvgIpc) is 3.21. The average molecular weight is 369 g/mol. The Kier molecular flexibility index (Phi) is 5.23. The second kappa shape index (κ2) is 7.58. The molecule has 0 aliphatic rings. The SMILES string of the molecule is CCS(=O)(=O)c1ccc(C(=O)NC(c2ccccc2)c2ccco2)cc1. The van der Waals surface area contributed by atoms with Crippen LogP contribution in [0, 0.1) is 0 Å². The van der Waals surface area contributed by atoms with Crippen molar-refractivity contribution in [3.8, 4) is 0 Å². The highest BCUT2D eigenvalue weighted by atomic mass is 32.2. The Hall–Kier alpha value is -2.86. The number of carbonyl (C=O) groups is 1. The number of amides is 1. The lowest BCUT2D eigenvalue weighted by atomic mass is 10.0. The van der Waals surface area contributed by atoms with Crippen LogP contribution in [0.2, 0.25) is 0 Å². The number of hydrogen-bond donors (Lipinski definition) is 1. The molecule has 2 aromatic carbocycles. The fourth-order valence-electron chi connectivity index (χ4n) is 2.61. The Morgan fingerprint density at radius 1 is 1.00 bits per heavy atom. The normalized spacial score (nSPS) is 12.5. The molecule has 26 heavy (non-hydrogen) atoms. The number of benzene rings is 2. The van der Waals surface area contributed by atoms with Gasteiger partial charge in [0.25, 0.3) is 5.91 Å². The Morgan fingerprint density at radius 2 is 1.69 bits per heavy atom. The molecule has 0 spiro atoms. The van der Waals surface area contributed by atoms with E-state index in [1.807, 2.05) is 30.3 Å². The molecule has 1 unspecified atom stereocenters. The number of rotatable bonds is 6. The Bertz CT molecular complexity index is 962. The van der Waals surface area contributed by atoms with Crippen LogP contribution in [-0.4, -0.2) is 20.1 Å². The van der Waals surface area contributed by atoms with E-state index in [1.54, 1.807) is 25.3 Å². The van der Waals surface area contributed by atoms with Gasteiger partial charge in [0.05, 0.1) is 16.9 Å². The van der Waals surface area contributed by atoms with Crippen molar-refractivity contribution < 1.29 is 17.6 Å². The minimum absolute atomic E-state index is 0.0210. The molecule has 1 heterocycles. The van der Waals surface area contributed by atoms with E-state index >= 15 is 0 Å². The van der Waals surface area contributed by atoms with Crippen LogP contribution in [0.3, 0.4) is 0 Å². The maximum Gasteiger partial charge on any atom is 0.252 e. The first kappa shape index (κ1) is 17.9. The summed E-state index contributed by atoms with van der Waals surface area (Å²) in [5, 5.41) is 2.94. The largest absolute Gasteiger partial charge is 0.467 e. The van der Waals surface area contributed by atoms with E-state index in [0.717, 1.165) is 5.56 Å². The molecule has 0 saturated carbocycles. The van der Waals surface area contributed by atoms with Crippen LogP contribution in [0.4, 0.5) is 0 Å². The Balaban J connectivity index is 1.85. The van der Waals surface area contributed by atoms with E-state index < -0.39 is 15.9 Å². The number of sulfone groups is 1. The summed E-state index contributed by atoms with van der Waals surface area (Å²) in [6.07, 6.45) is 1.56. The molecule has 1 amide bonds. The van der Waals surface area contributed by atoms with Crippen molar-refractivity contribution in [3.05, 3.63) is 89.9 Å². The summed E-state index contributed by atoms with van der Waals surface area (Å²) < 4.78 is 29.2. The van der Waals surface area contributed by atoms with Crippen LogP contribution in [0.15, 0.2) is 82.3 Å². The van der Waals surface area contributed by atoms with Gasteiger partial charge >= 0.3 is 0 Å². The zero-order valence-electron chi connectivity index (χ0n) is 14.3. The van der Waals surface area contributed by atoms with E-state index in [2.05, 4.69) is 5.32 Å². The van der Waals surface area contributed by atoms with Gasteiger partial charge in [-0.3, -0.25) is 4.79 Å². The lowest BCUT2D eigenvalue weighted by molar-refractivity contribution is 0.0939. The molecule has 0 aliphatic carbocycles. The van der Waals surface area contributed by atoms with Gasteiger partial charge in [-0.25, -0.2) is 8.42 Å². The lowest BCUT2D eigenvalue weighted by Gasteiger charge is -2.17. The van der Waals surface area contributed by atoms with Crippen LogP contribution < -0.4 is 5.32 Å². The summed E-state index contributed by atoms with van der Waals surface area (Å²) in [7, 11) is -3.29. The van der Waals surface area contributed by atoms with Crippen LogP contribution >= 0.6 is 0 Å². The molecule has 0 fully saturated rings. The van der Waals surface area contributed by atoms with Gasteiger partial charge in [-0.15, -0.1) is 0 Å². The third-order valence-electron chi connectivity index (χ3n) is 4.09. The fourth-order valence-corrected chi connectivity index (χ4v) is 3.50. The van der Waals surface area contributed by atoms with Crippen molar-refractivity contribution >= 4 is 15.7 Å². The molecule has 1 N–H and O–H groups in total. The highest BCUT2D eigenvalue weighted by Gasteiger charge is 2.20. The topological polar surface area (TPSA) is 76.4 Å². The Morgan fingerprint density at radius 3 is 2.27 bits per heavy atom. The quantitative estimate of drug-likeness (QED) is 0.720. The van der Waals surface area contributed by atoms with Gasteiger partial charge in [0, 0.05) is 5.56 Å². The first-order valence-corrected chi connectivity index (χ1v) is 9.88. The second-order valence-electron chi connectivity index (χ2n) is 5.76. The summed E-state index contributed by atoms with van der Waals surface area (Å²) in [6, 6.07) is 18.6. The molecule has 3 rings (SSSR count). The predicted molar refractivity (Wildman–Crippen MR) is 98.6 cm³/mol. The fraction of sp³-hybridized carbons (Fsp3) is 0.150. The van der Waals surface area contributed by atoms with Gasteiger partial charge in [-0.05, 0) is 42.0 Å². The maximum atomic E-state index is 12.7. The first-order chi connectivity index (χ1) is 12.5. The molecule has 0 bridgehead atoms. The van der Waals surface area contributed by atoms with Crippen LogP contribution in [0.25, 0.3) is 0 Å². The summed E-state index contributed by atoms with van der Waals surface area (Å²) in [6.45, 7) is 1.59. The van der Waals surface area contributed by atoms with Crippen LogP contribution in [0.1, 0.15) is 34.6 Å². The smallest absolute Gasteiger partial charge is 0.252 e. The molecular weight excluding hydrogens is 350 g/mol. The molecule has 0 saturated heterocycles. The van der Waals surface area contributed by atoms with Gasteiger partial charge in [0.15, 0.2) is 9.84 Å². The number of furan rings is 1. The predicted octanol–water partition coefficient (Wildman–Crippen LogP) is 3.59. The molecule has 3 aromatic rings. The van der Waals surface area contributed by atoms with Crippen molar-refractivity contribution in [2.75, 3.05) is 5.75 Å². The molecule has 1 aromatic heterocycles. The summed E-state index contributed by atoms with van der Waals surface area (Å²) in [5.41, 5.74) is 1.27. The van der Waals surface area contributed by atoms with Crippen molar-refractivity contribution in [2.45, 2.75) is 17.9 Å². The van der Waals surface area contributed by atoms with E-state index in [0.29, 0.717) is 11.3 Å². The third kappa shape index (κ3) is 3.86. The number of carbonyl (C=O) groups excluding carboxylic acids is 1. The standard InChI is InChI=1S/C20H19NO4S/c1-2-26(23,24)17-12-10-16(11-13-17)20(22)21-19(18-9-6-14-25-18)15-7-4-3-5-8-15/h3-14,19H,2H2,1H3,(H,21,22). The van der Waals surface area contributed by atoms with Crippen molar-refractivity contribution in [1.29, 1.82) is 0 Å². The molecule has 6 heteroatoms. The van der Waals surface area contributed by atoms with Crippen molar-refractivity contribution in [1.82, 2.24) is 5.32 Å². The van der Waals surface area contributed by atoms with E-state index in [4.69, 9.17) is 4.42 Å². The van der Waals surface area contributed by atoms with Gasteiger partial charge < -0.3 is 9.73 Å². The molecule has 134 valence electrons. The van der Waals surface area contributed by atoms with Gasteiger partial charge in [-0.2, -0.15) is 0 Å². The molecular formula is C20H19NO4S. The molecule has 0 aliphatic heterocycles. The third-order valence-corrected chi connectivity index (χ3v) is 5.84. The van der Waals surface area contributed by atoms with Gasteiger partial charge in [-0.1, -0.05) is 37.3 Å². The second-order valence-corrected chi connectivity index (χ2v) is 8.04. The first-order valence-electron chi connectivity index (χ1n) is 8.23. The molecule has 0 radical (unpaired) electrons. The monoisotopic (exact) mass is 369 g/mol. The van der Waals surface area contributed by atoms with Crippen LogP contribution in [0.5, 0.6) is 0 Å². The maximum absolute atomic E-state index is 12.7. The Labute approximate surface area is 152 Å².